The second kappa shape index (κ2) is 9.46. The van der Waals surface area contributed by atoms with E-state index >= 15 is 0 Å². The fourth-order valence-electron chi connectivity index (χ4n) is 3.27. The Bertz CT molecular complexity index is 1530. The largest absolute Gasteiger partial charge is 0.422 e. The molecule has 0 saturated carbocycles. The van der Waals surface area contributed by atoms with Crippen molar-refractivity contribution in [1.82, 2.24) is 0 Å². The summed E-state index contributed by atoms with van der Waals surface area (Å²) in [5.74, 6) is -0.718. The quantitative estimate of drug-likeness (QED) is 0.134. The van der Waals surface area contributed by atoms with Gasteiger partial charge in [0.25, 0.3) is 0 Å². The van der Waals surface area contributed by atoms with Crippen molar-refractivity contribution in [2.24, 2.45) is 4.99 Å². The first-order chi connectivity index (χ1) is 16.4. The molecule has 0 radical (unpaired) electrons. The van der Waals surface area contributed by atoms with E-state index in [1.807, 2.05) is 24.3 Å². The molecule has 0 atom stereocenters. The molecule has 0 fully saturated rings. The fraction of sp³-hybridized carbons (Fsp3) is 0. The topological polar surface area (TPSA) is 65.0 Å². The number of fused-ring (bicyclic) bond motifs is 1. The molecule has 4 aromatic rings. The average Bonchev–Trinajstić information content (AvgIpc) is 3.35. The van der Waals surface area contributed by atoms with Gasteiger partial charge in [-0.3, -0.25) is 0 Å². The molecule has 1 aromatic heterocycles. The highest BCUT2D eigenvalue weighted by Crippen LogP contribution is 2.37. The van der Waals surface area contributed by atoms with E-state index in [0.29, 0.717) is 21.0 Å². The third kappa shape index (κ3) is 4.59. The molecule has 0 saturated heterocycles. The number of ether oxygens (including phenoxy) is 2. The summed E-state index contributed by atoms with van der Waals surface area (Å²) in [6, 6.07) is 19.6. The second-order valence-electron chi connectivity index (χ2n) is 7.16. The standard InChI is InChI=1S/C25H12Br2ClNO4S/c26-15-7-5-13(6-8-15)24(30)32-19-10-9-16(27)11-14(19)12-18-25(31)33-23(29-18)22-21(28)17-3-1-2-4-20(17)34-22/h1-12H/b18-12+. The van der Waals surface area contributed by atoms with E-state index in [1.165, 1.54) is 17.4 Å². The van der Waals surface area contributed by atoms with Crippen LogP contribution >= 0.6 is 54.8 Å². The number of hydrogen-bond donors (Lipinski definition) is 0. The Morgan fingerprint density at radius 1 is 1.03 bits per heavy atom. The summed E-state index contributed by atoms with van der Waals surface area (Å²) in [7, 11) is 0. The van der Waals surface area contributed by atoms with Gasteiger partial charge >= 0.3 is 11.9 Å². The van der Waals surface area contributed by atoms with Gasteiger partial charge in [-0.1, -0.05) is 61.7 Å². The first-order valence-electron chi connectivity index (χ1n) is 9.86. The average molecular weight is 618 g/mol. The Morgan fingerprint density at radius 3 is 2.53 bits per heavy atom. The van der Waals surface area contributed by atoms with Gasteiger partial charge in [-0.15, -0.1) is 11.3 Å². The molecule has 5 rings (SSSR count). The number of benzene rings is 3. The zero-order chi connectivity index (χ0) is 23.8. The molecular formula is C25H12Br2ClNO4S. The first kappa shape index (κ1) is 23.0. The highest BCUT2D eigenvalue weighted by atomic mass is 79.9. The fourth-order valence-corrected chi connectivity index (χ4v) is 5.36. The lowest BCUT2D eigenvalue weighted by molar-refractivity contribution is -0.129. The third-order valence-corrected chi connectivity index (χ3v) is 7.58. The minimum Gasteiger partial charge on any atom is -0.422 e. The third-order valence-electron chi connectivity index (χ3n) is 4.90. The zero-order valence-electron chi connectivity index (χ0n) is 17.1. The normalized spacial score (nSPS) is 14.4. The molecule has 168 valence electrons. The van der Waals surface area contributed by atoms with E-state index in [2.05, 4.69) is 36.9 Å². The molecule has 0 N–H and O–H groups in total. The Morgan fingerprint density at radius 2 is 1.76 bits per heavy atom. The van der Waals surface area contributed by atoms with Gasteiger partial charge in [0.2, 0.25) is 5.90 Å². The number of esters is 2. The number of rotatable bonds is 4. The summed E-state index contributed by atoms with van der Waals surface area (Å²) in [5.41, 5.74) is 0.950. The molecule has 0 unspecified atom stereocenters. The maximum absolute atomic E-state index is 12.6. The van der Waals surface area contributed by atoms with Crippen molar-refractivity contribution >= 4 is 88.8 Å². The molecule has 1 aliphatic heterocycles. The number of thiophene rings is 1. The summed E-state index contributed by atoms with van der Waals surface area (Å²) in [6.07, 6.45) is 1.52. The van der Waals surface area contributed by atoms with E-state index in [-0.39, 0.29) is 17.3 Å². The lowest BCUT2D eigenvalue weighted by Gasteiger charge is -2.08. The molecule has 0 amide bonds. The first-order valence-corrected chi connectivity index (χ1v) is 12.6. The summed E-state index contributed by atoms with van der Waals surface area (Å²) in [4.78, 5) is 30.2. The van der Waals surface area contributed by atoms with Crippen LogP contribution in [0.4, 0.5) is 0 Å². The van der Waals surface area contributed by atoms with Crippen molar-refractivity contribution < 1.29 is 19.1 Å². The van der Waals surface area contributed by atoms with Gasteiger partial charge < -0.3 is 9.47 Å². The maximum atomic E-state index is 12.6. The van der Waals surface area contributed by atoms with Gasteiger partial charge in [0.1, 0.15) is 10.6 Å². The SMILES string of the molecule is O=C1OC(c2sc3ccccc3c2Cl)=N/C1=C/c1cc(Br)ccc1OC(=O)c1ccc(Br)cc1. The van der Waals surface area contributed by atoms with Crippen LogP contribution in [0.25, 0.3) is 16.2 Å². The van der Waals surface area contributed by atoms with Crippen LogP contribution in [0.2, 0.25) is 5.02 Å². The number of carbonyl (C=O) groups excluding carboxylic acids is 2. The van der Waals surface area contributed by atoms with Gasteiger partial charge in [-0.2, -0.15) is 0 Å². The Hall–Kier alpha value is -2.78. The second-order valence-corrected chi connectivity index (χ2v) is 10.4. The van der Waals surface area contributed by atoms with Crippen molar-refractivity contribution in [3.05, 3.63) is 102 Å². The molecule has 5 nitrogen and oxygen atoms in total. The molecule has 1 aliphatic rings. The Kier molecular flexibility index (Phi) is 6.40. The number of nitrogens with zero attached hydrogens (tertiary/aromatic N) is 1. The minimum absolute atomic E-state index is 0.0718. The van der Waals surface area contributed by atoms with Crippen molar-refractivity contribution in [3.8, 4) is 5.75 Å². The van der Waals surface area contributed by atoms with Gasteiger partial charge in [0, 0.05) is 24.6 Å². The maximum Gasteiger partial charge on any atom is 0.363 e. The predicted molar refractivity (Wildman–Crippen MR) is 141 cm³/mol. The van der Waals surface area contributed by atoms with Crippen LogP contribution < -0.4 is 4.74 Å². The molecule has 9 heteroatoms. The number of carbonyl (C=O) groups is 2. The predicted octanol–water partition coefficient (Wildman–Crippen LogP) is 7.64. The molecule has 0 aliphatic carbocycles. The van der Waals surface area contributed by atoms with Crippen molar-refractivity contribution in [1.29, 1.82) is 0 Å². The van der Waals surface area contributed by atoms with Gasteiger partial charge in [0.05, 0.1) is 10.6 Å². The molecular weight excluding hydrogens is 606 g/mol. The van der Waals surface area contributed by atoms with E-state index in [4.69, 9.17) is 21.1 Å². The molecule has 0 bridgehead atoms. The van der Waals surface area contributed by atoms with Gasteiger partial charge in [-0.25, -0.2) is 14.6 Å². The highest BCUT2D eigenvalue weighted by molar-refractivity contribution is 9.10. The van der Waals surface area contributed by atoms with Crippen LogP contribution in [0.5, 0.6) is 5.75 Å². The van der Waals surface area contributed by atoms with Crippen molar-refractivity contribution in [2.75, 3.05) is 0 Å². The number of cyclic esters (lactones) is 1. The lowest BCUT2D eigenvalue weighted by atomic mass is 10.1. The molecule has 34 heavy (non-hydrogen) atoms. The van der Waals surface area contributed by atoms with Crippen LogP contribution in [-0.2, 0) is 9.53 Å². The smallest absolute Gasteiger partial charge is 0.363 e. The number of halogens is 3. The summed E-state index contributed by atoms with van der Waals surface area (Å²) in [5, 5.41) is 1.36. The van der Waals surface area contributed by atoms with Crippen LogP contribution in [0.15, 0.2) is 86.4 Å². The van der Waals surface area contributed by atoms with E-state index < -0.39 is 11.9 Å². The van der Waals surface area contributed by atoms with E-state index in [0.717, 1.165) is 19.0 Å². The molecule has 2 heterocycles. The van der Waals surface area contributed by atoms with Crippen molar-refractivity contribution in [3.63, 3.8) is 0 Å². The van der Waals surface area contributed by atoms with Gasteiger partial charge in [0.15, 0.2) is 5.70 Å². The van der Waals surface area contributed by atoms with Crippen LogP contribution in [-0.4, -0.2) is 17.8 Å². The number of hydrogen-bond acceptors (Lipinski definition) is 6. The highest BCUT2D eigenvalue weighted by Gasteiger charge is 2.28. The summed E-state index contributed by atoms with van der Waals surface area (Å²) >= 11 is 14.7. The number of aliphatic imine (C=N–C) groups is 1. The molecule has 0 spiro atoms. The van der Waals surface area contributed by atoms with E-state index in [9.17, 15) is 9.59 Å². The van der Waals surface area contributed by atoms with Crippen LogP contribution in [0.1, 0.15) is 20.8 Å². The monoisotopic (exact) mass is 615 g/mol. The Balaban J connectivity index is 1.49. The van der Waals surface area contributed by atoms with Crippen LogP contribution in [0.3, 0.4) is 0 Å². The Labute approximate surface area is 219 Å². The zero-order valence-corrected chi connectivity index (χ0v) is 21.8. The van der Waals surface area contributed by atoms with Crippen LogP contribution in [0, 0.1) is 0 Å². The van der Waals surface area contributed by atoms with Gasteiger partial charge in [-0.05, 0) is 54.6 Å². The molecule has 3 aromatic carbocycles. The lowest BCUT2D eigenvalue weighted by Crippen LogP contribution is -2.09. The van der Waals surface area contributed by atoms with E-state index in [1.54, 1.807) is 42.5 Å². The summed E-state index contributed by atoms with van der Waals surface area (Å²) < 4.78 is 13.6. The van der Waals surface area contributed by atoms with Crippen molar-refractivity contribution in [2.45, 2.75) is 0 Å². The minimum atomic E-state index is -0.617. The summed E-state index contributed by atoms with van der Waals surface area (Å²) in [6.45, 7) is 0.